The van der Waals surface area contributed by atoms with E-state index in [0.29, 0.717) is 69.2 Å². The molecule has 0 aliphatic carbocycles. The van der Waals surface area contributed by atoms with Gasteiger partial charge in [0.25, 0.3) is 25.8 Å². The van der Waals surface area contributed by atoms with Crippen molar-refractivity contribution in [3.63, 3.8) is 0 Å². The minimum Gasteiger partial charge on any atom is -0.380 e. The first-order valence-electron chi connectivity index (χ1n) is 20.8. The number of nitrogens with two attached hydrogens (primary N) is 1. The smallest absolute Gasteiger partial charge is 0.380 e. The van der Waals surface area contributed by atoms with Crippen LogP contribution in [0.2, 0.25) is 5.02 Å². The second-order valence-corrected chi connectivity index (χ2v) is 20.9. The third-order valence-corrected chi connectivity index (χ3v) is 15.8. The van der Waals surface area contributed by atoms with Crippen LogP contribution in [0.1, 0.15) is 41.2 Å². The highest BCUT2D eigenvalue weighted by Gasteiger charge is 2.48. The molecule has 340 valence electrons. The highest BCUT2D eigenvalue weighted by molar-refractivity contribution is 7.99. The number of thioether (sulfide) groups is 1. The van der Waals surface area contributed by atoms with Crippen molar-refractivity contribution in [1.82, 2.24) is 9.62 Å². The summed E-state index contributed by atoms with van der Waals surface area (Å²) in [6, 6.07) is 33.1. The summed E-state index contributed by atoms with van der Waals surface area (Å²) in [5.74, 6) is -0.474. The van der Waals surface area contributed by atoms with Gasteiger partial charge in [-0.05, 0) is 109 Å². The number of amides is 1. The van der Waals surface area contributed by atoms with Crippen molar-refractivity contribution in [2.45, 2.75) is 51.5 Å². The quantitative estimate of drug-likeness (QED) is 0.0816. The molecule has 2 aliphatic rings. The van der Waals surface area contributed by atoms with Gasteiger partial charge in [-0.25, -0.2) is 21.6 Å². The Hall–Kier alpha value is -4.62. The summed E-state index contributed by atoms with van der Waals surface area (Å²) in [7, 11) is -10.9. The Morgan fingerprint density at radius 3 is 2.17 bits per heavy atom. The fraction of sp³-hybridized carbons (Fsp3) is 0.326. The van der Waals surface area contributed by atoms with Gasteiger partial charge >= 0.3 is 5.51 Å². The van der Waals surface area contributed by atoms with Crippen LogP contribution in [0.15, 0.2) is 136 Å². The van der Waals surface area contributed by atoms with Crippen molar-refractivity contribution >= 4 is 60.5 Å². The first-order chi connectivity index (χ1) is 30.6. The molecule has 5 aromatic carbocycles. The second kappa shape index (κ2) is 20.7. The number of rotatable bonds is 16. The third-order valence-electron chi connectivity index (χ3n) is 11.6. The number of hydrogen-bond acceptors (Lipinski definition) is 11. The molecule has 18 heteroatoms. The zero-order valence-corrected chi connectivity index (χ0v) is 37.9. The van der Waals surface area contributed by atoms with Gasteiger partial charge in [0.15, 0.2) is 0 Å². The molecule has 7 rings (SSSR count). The fourth-order valence-electron chi connectivity index (χ4n) is 7.94. The number of sulfonamides is 1. The first-order valence-corrected chi connectivity index (χ1v) is 25.1. The number of ether oxygens (including phenoxy) is 1. The molecule has 2 heterocycles. The summed E-state index contributed by atoms with van der Waals surface area (Å²) in [5, 5.41) is 3.64. The molecule has 2 aliphatic heterocycles. The van der Waals surface area contributed by atoms with Crippen LogP contribution in [-0.4, -0.2) is 90.9 Å². The average Bonchev–Trinajstić information content (AvgIpc) is 3.30. The SMILES string of the molecule is N[C@@H](c1ccccc1-c1ccc(Cl)cc1)C1CCN(c2ccc(C(=O)NS(=O)(=O)c3ccc(NC(CCN4CCOCC4)CSc4ccccc4)c(S(=O)(=O)C(F)(F)F)c3)cc2)CC1. The van der Waals surface area contributed by atoms with Crippen molar-refractivity contribution in [2.75, 3.05) is 61.9 Å². The topological polar surface area (TPSA) is 151 Å². The number of sulfone groups is 1. The summed E-state index contributed by atoms with van der Waals surface area (Å²) >= 11 is 7.57. The van der Waals surface area contributed by atoms with E-state index in [4.69, 9.17) is 22.1 Å². The van der Waals surface area contributed by atoms with E-state index in [2.05, 4.69) is 27.2 Å². The predicted molar refractivity (Wildman–Crippen MR) is 246 cm³/mol. The van der Waals surface area contributed by atoms with Gasteiger partial charge in [-0.3, -0.25) is 9.69 Å². The van der Waals surface area contributed by atoms with Crippen LogP contribution in [-0.2, 0) is 24.6 Å². The highest BCUT2D eigenvalue weighted by Crippen LogP contribution is 2.38. The lowest BCUT2D eigenvalue weighted by molar-refractivity contribution is -0.0435. The summed E-state index contributed by atoms with van der Waals surface area (Å²) < 4.78 is 103. The molecule has 5 aromatic rings. The molecule has 1 unspecified atom stereocenters. The number of morpholine rings is 1. The molecule has 4 N–H and O–H groups in total. The number of nitrogens with zero attached hydrogens (tertiary/aromatic N) is 2. The van der Waals surface area contributed by atoms with E-state index in [-0.39, 0.29) is 17.5 Å². The molecular formula is C46H49ClF3N5O6S3. The van der Waals surface area contributed by atoms with Gasteiger partial charge in [0, 0.05) is 71.7 Å². The molecular weight excluding hydrogens is 907 g/mol. The molecule has 1 amide bonds. The predicted octanol–water partition coefficient (Wildman–Crippen LogP) is 8.63. The Labute approximate surface area is 381 Å². The average molecular weight is 957 g/mol. The Balaban J connectivity index is 1.02. The van der Waals surface area contributed by atoms with Crippen molar-refractivity contribution < 1.29 is 39.5 Å². The Morgan fingerprint density at radius 2 is 1.50 bits per heavy atom. The zero-order chi connectivity index (χ0) is 45.5. The molecule has 2 fully saturated rings. The monoisotopic (exact) mass is 955 g/mol. The lowest BCUT2D eigenvalue weighted by Gasteiger charge is -2.36. The maximum Gasteiger partial charge on any atom is 0.501 e. The summed E-state index contributed by atoms with van der Waals surface area (Å²) in [6.07, 6.45) is 2.05. The third kappa shape index (κ3) is 11.6. The normalized spacial score (nSPS) is 16.5. The van der Waals surface area contributed by atoms with Gasteiger partial charge in [-0.15, -0.1) is 11.8 Å². The number of anilines is 2. The van der Waals surface area contributed by atoms with Crippen molar-refractivity contribution in [2.24, 2.45) is 11.7 Å². The molecule has 0 aromatic heterocycles. The number of benzene rings is 5. The summed E-state index contributed by atoms with van der Waals surface area (Å²) in [6.45, 7) is 4.38. The summed E-state index contributed by atoms with van der Waals surface area (Å²) in [5.41, 5.74) is 4.65. The minimum absolute atomic E-state index is 0.0245. The van der Waals surface area contributed by atoms with Gasteiger partial charge in [0.2, 0.25) is 0 Å². The van der Waals surface area contributed by atoms with Crippen LogP contribution in [0.4, 0.5) is 24.5 Å². The van der Waals surface area contributed by atoms with E-state index in [1.165, 1.54) is 23.9 Å². The molecule has 64 heavy (non-hydrogen) atoms. The van der Waals surface area contributed by atoms with Gasteiger partial charge in [0.1, 0.15) is 4.90 Å². The van der Waals surface area contributed by atoms with Crippen LogP contribution in [0.5, 0.6) is 0 Å². The lowest BCUT2D eigenvalue weighted by Crippen LogP contribution is -2.39. The molecule has 2 atom stereocenters. The molecule has 0 saturated carbocycles. The van der Waals surface area contributed by atoms with Crippen molar-refractivity contribution in [1.29, 1.82) is 0 Å². The van der Waals surface area contributed by atoms with Crippen molar-refractivity contribution in [3.05, 3.63) is 137 Å². The number of hydrogen-bond donors (Lipinski definition) is 3. The largest absolute Gasteiger partial charge is 0.501 e. The Morgan fingerprint density at radius 1 is 0.844 bits per heavy atom. The molecule has 0 radical (unpaired) electrons. The number of piperidine rings is 1. The number of nitrogens with one attached hydrogen (secondary N) is 2. The van der Waals surface area contributed by atoms with E-state index < -0.39 is 52.8 Å². The number of carbonyl (C=O) groups excluding carboxylic acids is 1. The van der Waals surface area contributed by atoms with Gasteiger partial charge < -0.3 is 20.7 Å². The van der Waals surface area contributed by atoms with Gasteiger partial charge in [0.05, 0.1) is 23.8 Å². The maximum absolute atomic E-state index is 14.2. The molecule has 2 saturated heterocycles. The van der Waals surface area contributed by atoms with E-state index >= 15 is 0 Å². The van der Waals surface area contributed by atoms with Gasteiger partial charge in [-0.2, -0.15) is 13.2 Å². The van der Waals surface area contributed by atoms with E-state index in [0.717, 1.165) is 52.2 Å². The van der Waals surface area contributed by atoms with Crippen LogP contribution < -0.4 is 20.7 Å². The van der Waals surface area contributed by atoms with E-state index in [1.54, 1.807) is 12.1 Å². The number of carbonyl (C=O) groups is 1. The van der Waals surface area contributed by atoms with E-state index in [9.17, 15) is 34.8 Å². The molecule has 0 bridgehead atoms. The maximum atomic E-state index is 14.2. The van der Waals surface area contributed by atoms with Gasteiger partial charge in [-0.1, -0.05) is 66.2 Å². The van der Waals surface area contributed by atoms with Crippen LogP contribution in [0, 0.1) is 5.92 Å². The molecule has 0 spiro atoms. The summed E-state index contributed by atoms with van der Waals surface area (Å²) in [4.78, 5) is 16.4. The van der Waals surface area contributed by atoms with Crippen LogP contribution in [0.3, 0.4) is 0 Å². The van der Waals surface area contributed by atoms with E-state index in [1.807, 2.05) is 71.5 Å². The van der Waals surface area contributed by atoms with Crippen molar-refractivity contribution in [3.8, 4) is 11.1 Å². The van der Waals surface area contributed by atoms with Crippen LogP contribution in [0.25, 0.3) is 11.1 Å². The zero-order valence-electron chi connectivity index (χ0n) is 34.7. The first kappa shape index (κ1) is 47.3. The minimum atomic E-state index is -6.06. The standard InChI is InChI=1S/C46H49ClF3N5O6S3/c47-35-14-10-32(11-15-35)40-8-4-5-9-41(40)44(51)33-20-24-55(25-21-33)37-16-12-34(13-17-37)45(56)53-64(59,60)39-18-19-42(43(30-39)63(57,58)46(48,49)50)52-36(22-23-54-26-28-61-29-27-54)31-62-38-6-2-1-3-7-38/h1-19,30,33,36,44,52H,20-29,31,51H2,(H,53,56)/t36?,44-/m1/s1. The number of halogens is 4. The molecule has 11 nitrogen and oxygen atoms in total. The lowest BCUT2D eigenvalue weighted by atomic mass is 9.83. The second-order valence-electron chi connectivity index (χ2n) is 15.7. The van der Waals surface area contributed by atoms with Crippen LogP contribution >= 0.6 is 23.4 Å². The fourth-order valence-corrected chi connectivity index (χ4v) is 11.1. The Kier molecular flexibility index (Phi) is 15.3. The number of alkyl halides is 3. The highest BCUT2D eigenvalue weighted by atomic mass is 35.5. The Bertz CT molecular complexity index is 2590.